The molecular weight excluding hydrogens is 690 g/mol. The number of likely N-dealkylation sites (tertiary alicyclic amines) is 1. The van der Waals surface area contributed by atoms with Crippen molar-refractivity contribution < 1.29 is 24.2 Å². The second kappa shape index (κ2) is 15.6. The first-order chi connectivity index (χ1) is 23.2. The number of anilines is 1. The van der Waals surface area contributed by atoms with E-state index in [2.05, 4.69) is 36.0 Å². The molecule has 0 saturated carbocycles. The molecule has 3 aliphatic heterocycles. The maximum absolute atomic E-state index is 15.0. The summed E-state index contributed by atoms with van der Waals surface area (Å²) in [5.74, 6) is -1.24. The summed E-state index contributed by atoms with van der Waals surface area (Å²) in [6.07, 6.45) is 6.08. The van der Waals surface area contributed by atoms with Crippen LogP contribution in [0.3, 0.4) is 0 Å². The highest BCUT2D eigenvalue weighted by Gasteiger charge is 2.76. The Hall–Kier alpha value is -3.08. The van der Waals surface area contributed by atoms with Gasteiger partial charge in [0, 0.05) is 34.9 Å². The molecule has 258 valence electrons. The number of aliphatic hydroxyl groups is 1. The monoisotopic (exact) mass is 737 g/mol. The molecule has 1 N–H and O–H groups in total. The number of hydrogen-bond donors (Lipinski definition) is 1. The molecular formula is C38H48BrN3O5S. The number of fused-ring (bicyclic) bond motifs is 1. The SMILES string of the molecule is C=CCN(C(=O)[C@H]1[C@@H]2SC3(CC2Br)C(C(=O)N(CC=C)C(C)CCC)N([C@@H](CO)Cc2ccccc2)C(=O)[C@H]13)c1ccc(OCC)cc1. The highest BCUT2D eigenvalue weighted by molar-refractivity contribution is 9.09. The lowest BCUT2D eigenvalue weighted by Gasteiger charge is -2.41. The van der Waals surface area contributed by atoms with E-state index in [-0.39, 0.29) is 47.0 Å². The van der Waals surface area contributed by atoms with Crippen LogP contribution in [0.25, 0.3) is 0 Å². The Morgan fingerprint density at radius 3 is 2.40 bits per heavy atom. The topological polar surface area (TPSA) is 90.4 Å². The number of thioether (sulfide) groups is 1. The van der Waals surface area contributed by atoms with Gasteiger partial charge in [-0.05, 0) is 62.9 Å². The number of benzene rings is 2. The largest absolute Gasteiger partial charge is 0.494 e. The maximum Gasteiger partial charge on any atom is 0.247 e. The minimum absolute atomic E-state index is 0.0712. The predicted octanol–water partition coefficient (Wildman–Crippen LogP) is 5.88. The summed E-state index contributed by atoms with van der Waals surface area (Å²) in [4.78, 5) is 49.9. The Labute approximate surface area is 297 Å². The van der Waals surface area contributed by atoms with Crippen LogP contribution in [-0.2, 0) is 20.8 Å². The van der Waals surface area contributed by atoms with E-state index in [4.69, 9.17) is 4.74 Å². The molecule has 0 radical (unpaired) electrons. The van der Waals surface area contributed by atoms with Gasteiger partial charge in [-0.2, -0.15) is 0 Å². The molecule has 3 saturated heterocycles. The lowest BCUT2D eigenvalue weighted by molar-refractivity contribution is -0.146. The molecule has 10 heteroatoms. The summed E-state index contributed by atoms with van der Waals surface area (Å²) in [6, 6.07) is 15.6. The third kappa shape index (κ3) is 6.60. The van der Waals surface area contributed by atoms with E-state index >= 15 is 0 Å². The van der Waals surface area contributed by atoms with Crippen LogP contribution in [0.2, 0.25) is 0 Å². The first-order valence-corrected chi connectivity index (χ1v) is 18.8. The second-order valence-corrected chi connectivity index (χ2v) is 15.7. The summed E-state index contributed by atoms with van der Waals surface area (Å²) in [5, 5.41) is 10.7. The van der Waals surface area contributed by atoms with Crippen LogP contribution in [0, 0.1) is 11.8 Å². The van der Waals surface area contributed by atoms with Crippen molar-refractivity contribution in [3.05, 3.63) is 85.5 Å². The molecule has 3 amide bonds. The van der Waals surface area contributed by atoms with Crippen molar-refractivity contribution in [3.63, 3.8) is 0 Å². The van der Waals surface area contributed by atoms with Crippen LogP contribution in [-0.4, -0.2) is 91.9 Å². The molecule has 2 bridgehead atoms. The first-order valence-electron chi connectivity index (χ1n) is 17.0. The zero-order valence-electron chi connectivity index (χ0n) is 28.2. The van der Waals surface area contributed by atoms with Gasteiger partial charge >= 0.3 is 0 Å². The van der Waals surface area contributed by atoms with Crippen LogP contribution in [0.5, 0.6) is 5.75 Å². The number of halogens is 1. The summed E-state index contributed by atoms with van der Waals surface area (Å²) < 4.78 is 4.78. The highest BCUT2D eigenvalue weighted by atomic mass is 79.9. The normalized spacial score (nSPS) is 26.9. The van der Waals surface area contributed by atoms with Crippen molar-refractivity contribution in [2.24, 2.45) is 11.8 Å². The van der Waals surface area contributed by atoms with Crippen molar-refractivity contribution >= 4 is 51.1 Å². The number of hydrogen-bond acceptors (Lipinski definition) is 6. The van der Waals surface area contributed by atoms with E-state index in [1.54, 1.807) is 33.7 Å². The number of alkyl halides is 1. The van der Waals surface area contributed by atoms with Gasteiger partial charge in [-0.25, -0.2) is 0 Å². The molecule has 2 aromatic carbocycles. The molecule has 3 heterocycles. The molecule has 8 nitrogen and oxygen atoms in total. The van der Waals surface area contributed by atoms with Gasteiger partial charge in [0.25, 0.3) is 0 Å². The summed E-state index contributed by atoms with van der Waals surface area (Å²) >= 11 is 5.52. The van der Waals surface area contributed by atoms with Crippen LogP contribution >= 0.6 is 27.7 Å². The Bertz CT molecular complexity index is 1470. The zero-order valence-corrected chi connectivity index (χ0v) is 30.6. The fraction of sp³-hybridized carbons (Fsp3) is 0.500. The van der Waals surface area contributed by atoms with Crippen molar-refractivity contribution in [1.29, 1.82) is 0 Å². The number of nitrogens with zero attached hydrogens (tertiary/aromatic N) is 3. The maximum atomic E-state index is 15.0. The molecule has 3 aliphatic rings. The molecule has 0 aliphatic carbocycles. The highest BCUT2D eigenvalue weighted by Crippen LogP contribution is 2.68. The number of carbonyl (C=O) groups is 3. The average molecular weight is 739 g/mol. The van der Waals surface area contributed by atoms with Gasteiger partial charge in [-0.15, -0.1) is 24.9 Å². The fourth-order valence-corrected chi connectivity index (χ4v) is 11.6. The molecule has 3 fully saturated rings. The fourth-order valence-electron chi connectivity index (χ4n) is 8.04. The van der Waals surface area contributed by atoms with E-state index in [1.807, 2.05) is 73.3 Å². The molecule has 1 spiro atoms. The third-order valence-corrected chi connectivity index (χ3v) is 13.3. The van der Waals surface area contributed by atoms with Gasteiger partial charge in [0.1, 0.15) is 11.8 Å². The Kier molecular flexibility index (Phi) is 11.8. The van der Waals surface area contributed by atoms with Gasteiger partial charge in [0.2, 0.25) is 17.7 Å². The van der Waals surface area contributed by atoms with E-state index < -0.39 is 28.7 Å². The van der Waals surface area contributed by atoms with Crippen molar-refractivity contribution in [3.8, 4) is 5.75 Å². The Balaban J connectivity index is 1.60. The number of rotatable bonds is 16. The third-order valence-electron chi connectivity index (χ3n) is 10.0. The van der Waals surface area contributed by atoms with Gasteiger partial charge in [0.15, 0.2) is 0 Å². The summed E-state index contributed by atoms with van der Waals surface area (Å²) in [6.45, 7) is 14.8. The smallest absolute Gasteiger partial charge is 0.247 e. The number of ether oxygens (including phenoxy) is 1. The molecule has 8 atom stereocenters. The predicted molar refractivity (Wildman–Crippen MR) is 197 cm³/mol. The molecule has 4 unspecified atom stereocenters. The minimum atomic E-state index is -0.846. The van der Waals surface area contributed by atoms with E-state index in [0.29, 0.717) is 37.4 Å². The van der Waals surface area contributed by atoms with Gasteiger partial charge < -0.3 is 24.5 Å². The number of amides is 3. The quantitative estimate of drug-likeness (QED) is 0.171. The standard InChI is InChI=1S/C38H48BrN3O5S/c1-6-13-25(5)40(20-7-2)37(46)34-38-23-30(39)33(48-38)31(35(44)41(21-8-3)27-16-18-29(19-17-27)47-9-4)32(38)36(45)42(34)28(24-43)22-26-14-11-10-12-15-26/h7-8,10-12,14-19,25,28,30-34,43H,2-3,6,9,13,20-24H2,1,4-5H3/t25?,28-,30?,31-,32+,33-,34?,38?/m1/s1. The Morgan fingerprint density at radius 2 is 1.79 bits per heavy atom. The van der Waals surface area contributed by atoms with Gasteiger partial charge in [-0.1, -0.05) is 71.8 Å². The van der Waals surface area contributed by atoms with Gasteiger partial charge in [-0.3, -0.25) is 14.4 Å². The van der Waals surface area contributed by atoms with E-state index in [0.717, 1.165) is 18.4 Å². The molecule has 5 rings (SSSR count). The minimum Gasteiger partial charge on any atom is -0.494 e. The number of aliphatic hydroxyl groups excluding tert-OH is 1. The molecule has 2 aromatic rings. The molecule has 48 heavy (non-hydrogen) atoms. The van der Waals surface area contributed by atoms with Crippen LogP contribution in [0.1, 0.15) is 45.6 Å². The van der Waals surface area contributed by atoms with E-state index in [9.17, 15) is 19.5 Å². The van der Waals surface area contributed by atoms with Crippen LogP contribution in [0.4, 0.5) is 5.69 Å². The lowest BCUT2D eigenvalue weighted by atomic mass is 9.70. The van der Waals surface area contributed by atoms with Crippen LogP contribution in [0.15, 0.2) is 79.9 Å². The Morgan fingerprint density at radius 1 is 1.10 bits per heavy atom. The van der Waals surface area contributed by atoms with Crippen LogP contribution < -0.4 is 9.64 Å². The molecule has 0 aromatic heterocycles. The number of carbonyl (C=O) groups excluding carboxylic acids is 3. The average Bonchev–Trinajstić information content (AvgIpc) is 3.68. The van der Waals surface area contributed by atoms with Crippen molar-refractivity contribution in [2.75, 3.05) is 31.2 Å². The lowest BCUT2D eigenvalue weighted by Crippen LogP contribution is -2.59. The second-order valence-electron chi connectivity index (χ2n) is 13.0. The first kappa shape index (κ1) is 36.2. The summed E-state index contributed by atoms with van der Waals surface area (Å²) in [5.41, 5.74) is 1.65. The van der Waals surface area contributed by atoms with Crippen molar-refractivity contribution in [2.45, 2.75) is 79.4 Å². The zero-order chi connectivity index (χ0) is 34.6. The van der Waals surface area contributed by atoms with Crippen molar-refractivity contribution in [1.82, 2.24) is 9.80 Å². The van der Waals surface area contributed by atoms with Gasteiger partial charge in [0.05, 0.1) is 35.8 Å². The summed E-state index contributed by atoms with van der Waals surface area (Å²) in [7, 11) is 0. The van der Waals surface area contributed by atoms with E-state index in [1.165, 1.54) is 0 Å².